The molecule has 0 saturated heterocycles. The topological polar surface area (TPSA) is 63.8 Å². The molecule has 0 aromatic carbocycles. The van der Waals surface area contributed by atoms with Gasteiger partial charge in [0.25, 0.3) is 0 Å². The fraction of sp³-hybridized carbons (Fsp3) is 0.467. The van der Waals surface area contributed by atoms with Crippen LogP contribution >= 0.6 is 36.2 Å². The van der Waals surface area contributed by atoms with Crippen molar-refractivity contribution < 1.29 is 0 Å². The van der Waals surface area contributed by atoms with Gasteiger partial charge in [-0.2, -0.15) is 0 Å². The number of anilines is 1. The van der Waals surface area contributed by atoms with E-state index in [0.29, 0.717) is 12.0 Å². The van der Waals surface area contributed by atoms with E-state index in [0.717, 1.165) is 37.3 Å². The third-order valence-electron chi connectivity index (χ3n) is 3.91. The molecule has 0 unspecified atom stereocenters. The number of aryl methyl sites for hydroxylation is 1. The summed E-state index contributed by atoms with van der Waals surface area (Å²) in [4.78, 5) is 10.1. The van der Waals surface area contributed by atoms with Gasteiger partial charge in [-0.1, -0.05) is 0 Å². The Morgan fingerprint density at radius 3 is 2.73 bits per heavy atom. The van der Waals surface area contributed by atoms with E-state index in [1.807, 2.05) is 11.3 Å². The molecule has 0 radical (unpaired) electrons. The lowest BCUT2D eigenvalue weighted by molar-refractivity contribution is 0.345. The van der Waals surface area contributed by atoms with Gasteiger partial charge in [-0.05, 0) is 43.2 Å². The lowest BCUT2D eigenvalue weighted by Crippen LogP contribution is -2.35. The van der Waals surface area contributed by atoms with Crippen LogP contribution in [-0.2, 0) is 6.42 Å². The molecule has 2 aromatic rings. The van der Waals surface area contributed by atoms with Crippen LogP contribution in [0.2, 0.25) is 0 Å². The molecule has 1 saturated carbocycles. The van der Waals surface area contributed by atoms with Gasteiger partial charge in [-0.25, -0.2) is 9.97 Å². The summed E-state index contributed by atoms with van der Waals surface area (Å²) in [6, 6.07) is 4.59. The molecule has 0 spiro atoms. The first kappa shape index (κ1) is 19.2. The highest BCUT2D eigenvalue weighted by atomic mass is 35.5. The van der Waals surface area contributed by atoms with E-state index in [2.05, 4.69) is 39.7 Å². The van der Waals surface area contributed by atoms with E-state index in [9.17, 15) is 0 Å². The van der Waals surface area contributed by atoms with Crippen LogP contribution < -0.4 is 11.1 Å². The molecule has 0 aliphatic heterocycles. The SMILES string of the molecule is Cc1ccsc1CCNc1cc(C2CC(N)C2)ncn1.Cl.Cl. The molecule has 1 fully saturated rings. The van der Waals surface area contributed by atoms with Gasteiger partial charge < -0.3 is 11.1 Å². The fourth-order valence-electron chi connectivity index (χ4n) is 2.56. The number of rotatable bonds is 5. The summed E-state index contributed by atoms with van der Waals surface area (Å²) >= 11 is 1.82. The van der Waals surface area contributed by atoms with Gasteiger partial charge >= 0.3 is 0 Å². The summed E-state index contributed by atoms with van der Waals surface area (Å²) < 4.78 is 0. The van der Waals surface area contributed by atoms with Crippen molar-refractivity contribution in [1.29, 1.82) is 0 Å². The van der Waals surface area contributed by atoms with E-state index < -0.39 is 0 Å². The minimum Gasteiger partial charge on any atom is -0.370 e. The van der Waals surface area contributed by atoms with Crippen LogP contribution in [-0.4, -0.2) is 22.6 Å². The number of hydrogen-bond acceptors (Lipinski definition) is 5. The van der Waals surface area contributed by atoms with E-state index in [1.165, 1.54) is 10.4 Å². The van der Waals surface area contributed by atoms with Crippen molar-refractivity contribution in [1.82, 2.24) is 9.97 Å². The molecule has 22 heavy (non-hydrogen) atoms. The average molecular weight is 361 g/mol. The van der Waals surface area contributed by atoms with Gasteiger partial charge in [0.2, 0.25) is 0 Å². The minimum atomic E-state index is 0. The van der Waals surface area contributed by atoms with E-state index in [1.54, 1.807) is 6.33 Å². The molecule has 0 atom stereocenters. The van der Waals surface area contributed by atoms with Crippen LogP contribution in [0.4, 0.5) is 5.82 Å². The zero-order chi connectivity index (χ0) is 13.9. The van der Waals surface area contributed by atoms with Crippen molar-refractivity contribution in [3.8, 4) is 0 Å². The summed E-state index contributed by atoms with van der Waals surface area (Å²) in [6.45, 7) is 3.07. The zero-order valence-electron chi connectivity index (χ0n) is 12.5. The molecule has 0 amide bonds. The summed E-state index contributed by atoms with van der Waals surface area (Å²) in [5.41, 5.74) is 8.34. The molecule has 3 N–H and O–H groups in total. The number of nitrogens with two attached hydrogens (primary N) is 1. The van der Waals surface area contributed by atoms with Crippen molar-refractivity contribution >= 4 is 42.0 Å². The van der Waals surface area contributed by atoms with Crippen molar-refractivity contribution in [3.63, 3.8) is 0 Å². The number of thiophene rings is 1. The highest BCUT2D eigenvalue weighted by Crippen LogP contribution is 2.34. The number of aromatic nitrogens is 2. The third kappa shape index (κ3) is 4.56. The first-order valence-electron chi connectivity index (χ1n) is 7.06. The summed E-state index contributed by atoms with van der Waals surface area (Å²) in [6.07, 6.45) is 4.78. The Hall–Kier alpha value is -0.880. The van der Waals surface area contributed by atoms with Gasteiger partial charge in [0.1, 0.15) is 12.1 Å². The third-order valence-corrected chi connectivity index (χ3v) is 4.99. The van der Waals surface area contributed by atoms with Gasteiger partial charge in [0, 0.05) is 35.1 Å². The molecule has 7 heteroatoms. The van der Waals surface area contributed by atoms with Gasteiger partial charge in [-0.15, -0.1) is 36.2 Å². The normalized spacial score (nSPS) is 19.5. The standard InChI is InChI=1S/C15H20N4S.2ClH/c1-10-3-5-20-14(10)2-4-17-15-8-13(18-9-19-15)11-6-12(16)7-11;;/h3,5,8-9,11-12H,2,4,6-7,16H2,1H3,(H,17,18,19);2*1H. The lowest BCUT2D eigenvalue weighted by Gasteiger charge is -2.31. The second-order valence-corrected chi connectivity index (χ2v) is 6.46. The molecule has 122 valence electrons. The van der Waals surface area contributed by atoms with Gasteiger partial charge in [0.05, 0.1) is 0 Å². The molecule has 3 rings (SSSR count). The highest BCUT2D eigenvalue weighted by molar-refractivity contribution is 7.10. The first-order valence-corrected chi connectivity index (χ1v) is 7.94. The molecular weight excluding hydrogens is 339 g/mol. The van der Waals surface area contributed by atoms with Crippen LogP contribution in [0.15, 0.2) is 23.8 Å². The van der Waals surface area contributed by atoms with Gasteiger partial charge in [0.15, 0.2) is 0 Å². The van der Waals surface area contributed by atoms with Crippen molar-refractivity contribution in [3.05, 3.63) is 40.0 Å². The molecule has 1 aliphatic carbocycles. The number of halogens is 2. The molecule has 0 bridgehead atoms. The largest absolute Gasteiger partial charge is 0.370 e. The minimum absolute atomic E-state index is 0. The Labute approximate surface area is 147 Å². The highest BCUT2D eigenvalue weighted by Gasteiger charge is 2.28. The Balaban J connectivity index is 0.00000121. The van der Waals surface area contributed by atoms with Crippen molar-refractivity contribution in [2.45, 2.75) is 38.1 Å². The Morgan fingerprint density at radius 2 is 2.09 bits per heavy atom. The number of nitrogens with one attached hydrogen (secondary N) is 1. The average Bonchev–Trinajstić information content (AvgIpc) is 2.81. The number of hydrogen-bond donors (Lipinski definition) is 2. The maximum absolute atomic E-state index is 5.83. The van der Waals surface area contributed by atoms with Gasteiger partial charge in [-0.3, -0.25) is 0 Å². The molecule has 2 heterocycles. The molecule has 4 nitrogen and oxygen atoms in total. The smallest absolute Gasteiger partial charge is 0.129 e. The second-order valence-electron chi connectivity index (χ2n) is 5.46. The lowest BCUT2D eigenvalue weighted by atomic mass is 9.79. The maximum atomic E-state index is 5.83. The van der Waals surface area contributed by atoms with E-state index in [4.69, 9.17) is 5.73 Å². The van der Waals surface area contributed by atoms with E-state index in [-0.39, 0.29) is 24.8 Å². The number of nitrogens with zero attached hydrogens (tertiary/aromatic N) is 2. The Kier molecular flexibility index (Phi) is 7.56. The molecule has 1 aliphatic rings. The fourth-order valence-corrected chi connectivity index (χ4v) is 3.47. The van der Waals surface area contributed by atoms with Crippen LogP contribution in [0, 0.1) is 6.92 Å². The van der Waals surface area contributed by atoms with E-state index >= 15 is 0 Å². The molecule has 2 aromatic heterocycles. The Morgan fingerprint density at radius 1 is 1.32 bits per heavy atom. The van der Waals surface area contributed by atoms with Crippen molar-refractivity contribution in [2.75, 3.05) is 11.9 Å². The monoisotopic (exact) mass is 360 g/mol. The van der Waals surface area contributed by atoms with Crippen LogP contribution in [0.25, 0.3) is 0 Å². The molecular formula is C15H22Cl2N4S. The predicted molar refractivity (Wildman–Crippen MR) is 97.7 cm³/mol. The quantitative estimate of drug-likeness (QED) is 0.855. The maximum Gasteiger partial charge on any atom is 0.129 e. The summed E-state index contributed by atoms with van der Waals surface area (Å²) in [5, 5.41) is 5.54. The Bertz CT molecular complexity index is 584. The zero-order valence-corrected chi connectivity index (χ0v) is 14.9. The van der Waals surface area contributed by atoms with Crippen LogP contribution in [0.1, 0.15) is 34.9 Å². The summed E-state index contributed by atoms with van der Waals surface area (Å²) in [5.74, 6) is 1.44. The van der Waals surface area contributed by atoms with Crippen LogP contribution in [0.5, 0.6) is 0 Å². The summed E-state index contributed by atoms with van der Waals surface area (Å²) in [7, 11) is 0. The van der Waals surface area contributed by atoms with Crippen LogP contribution in [0.3, 0.4) is 0 Å². The predicted octanol–water partition coefficient (Wildman–Crippen LogP) is 3.55. The second kappa shape index (κ2) is 8.67. The first-order chi connectivity index (χ1) is 9.72. The van der Waals surface area contributed by atoms with Crippen molar-refractivity contribution in [2.24, 2.45) is 5.73 Å².